The molecule has 53 heavy (non-hydrogen) atoms. The number of carbonyl (C=O) groups excluding carboxylic acids is 1. The number of benzene rings is 6. The maximum Gasteiger partial charge on any atom is 0.416 e. The molecule has 0 aliphatic carbocycles. The molecule has 0 atom stereocenters. The minimum atomic E-state index is -4.34. The van der Waals surface area contributed by atoms with Crippen LogP contribution in [0.1, 0.15) is 45.1 Å². The van der Waals surface area contributed by atoms with E-state index in [1.165, 1.54) is 45.4 Å². The molecule has 0 spiro atoms. The summed E-state index contributed by atoms with van der Waals surface area (Å²) in [5.41, 5.74) is 13.3. The minimum absolute atomic E-state index is 0.0872. The van der Waals surface area contributed by atoms with Gasteiger partial charge in [0.2, 0.25) is 0 Å². The second kappa shape index (κ2) is 14.1. The van der Waals surface area contributed by atoms with Crippen molar-refractivity contribution in [3.05, 3.63) is 179 Å². The molecule has 0 aliphatic rings. The molecular formula is C47H39F3N2O. The first-order valence-corrected chi connectivity index (χ1v) is 17.6. The first kappa shape index (κ1) is 35.3. The van der Waals surface area contributed by atoms with E-state index in [4.69, 9.17) is 0 Å². The van der Waals surface area contributed by atoms with E-state index >= 15 is 0 Å². The van der Waals surface area contributed by atoms with Crippen LogP contribution >= 0.6 is 0 Å². The molecule has 3 nitrogen and oxygen atoms in total. The van der Waals surface area contributed by atoms with Gasteiger partial charge in [-0.3, -0.25) is 4.79 Å². The first-order chi connectivity index (χ1) is 25.4. The average molecular weight is 705 g/mol. The Morgan fingerprint density at radius 2 is 1.00 bits per heavy atom. The number of halogens is 3. The molecule has 264 valence electrons. The van der Waals surface area contributed by atoms with Crippen LogP contribution in [0.3, 0.4) is 0 Å². The van der Waals surface area contributed by atoms with E-state index in [-0.39, 0.29) is 5.78 Å². The molecule has 0 aliphatic heterocycles. The molecule has 0 amide bonds. The highest BCUT2D eigenvalue weighted by Gasteiger charge is 2.30. The molecular weight excluding hydrogens is 666 g/mol. The second-order valence-electron chi connectivity index (χ2n) is 13.5. The van der Waals surface area contributed by atoms with Crippen molar-refractivity contribution in [2.24, 2.45) is 0 Å². The molecule has 8 rings (SSSR count). The topological polar surface area (TPSA) is 26.9 Å². The second-order valence-corrected chi connectivity index (χ2v) is 13.5. The lowest BCUT2D eigenvalue weighted by molar-refractivity contribution is -0.137. The number of hydrogen-bond donors (Lipinski definition) is 0. The molecule has 0 N–H and O–H groups in total. The number of nitrogens with zero attached hydrogens (tertiary/aromatic N) is 2. The lowest BCUT2D eigenvalue weighted by atomic mass is 10.0. The summed E-state index contributed by atoms with van der Waals surface area (Å²) in [6.45, 7) is 10.0. The van der Waals surface area contributed by atoms with E-state index < -0.39 is 11.7 Å². The number of hydrogen-bond acceptors (Lipinski definition) is 1. The standard InChI is InChI=1S/C24H21NO.C23H18F3N/c1-16-8-4-5-9-21(16)24-17(2)22-10-6-7-11-23(22)25(24)20-14-12-19(13-15-20)18(3)26;1-15-7-9-17(10-8-15)22-16(2)20-5-3-4-6-21(20)27(22)19-13-11-18(12-14-19)23(24,25)26/h4-15H,1-3H3;3-14H,1-2H3. The number of aryl methyl sites for hydroxylation is 4. The Hall–Kier alpha value is -6.14. The lowest BCUT2D eigenvalue weighted by Gasteiger charge is -2.14. The Morgan fingerprint density at radius 1 is 0.528 bits per heavy atom. The zero-order valence-electron chi connectivity index (χ0n) is 30.3. The van der Waals surface area contributed by atoms with Crippen LogP contribution in [0.5, 0.6) is 0 Å². The fraction of sp³-hybridized carbons (Fsp3) is 0.128. The largest absolute Gasteiger partial charge is 0.416 e. The summed E-state index contributed by atoms with van der Waals surface area (Å²) in [4.78, 5) is 11.6. The minimum Gasteiger partial charge on any atom is -0.309 e. The van der Waals surface area contributed by atoms with Crippen LogP contribution in [0.25, 0.3) is 55.7 Å². The van der Waals surface area contributed by atoms with Crippen molar-refractivity contribution in [2.45, 2.75) is 40.8 Å². The van der Waals surface area contributed by atoms with Gasteiger partial charge in [0.1, 0.15) is 0 Å². The van der Waals surface area contributed by atoms with Crippen molar-refractivity contribution in [3.8, 4) is 33.9 Å². The van der Waals surface area contributed by atoms with Crippen molar-refractivity contribution < 1.29 is 18.0 Å². The van der Waals surface area contributed by atoms with Gasteiger partial charge in [-0.2, -0.15) is 13.2 Å². The van der Waals surface area contributed by atoms with E-state index in [1.54, 1.807) is 6.92 Å². The summed E-state index contributed by atoms with van der Waals surface area (Å²) in [7, 11) is 0. The third-order valence-corrected chi connectivity index (χ3v) is 9.97. The Balaban J connectivity index is 0.000000164. The average Bonchev–Trinajstić information content (AvgIpc) is 3.62. The fourth-order valence-corrected chi connectivity index (χ4v) is 7.20. The lowest BCUT2D eigenvalue weighted by Crippen LogP contribution is -2.05. The third kappa shape index (κ3) is 6.69. The number of carbonyl (C=O) groups is 1. The van der Waals surface area contributed by atoms with E-state index in [9.17, 15) is 18.0 Å². The van der Waals surface area contributed by atoms with Gasteiger partial charge in [0, 0.05) is 33.3 Å². The van der Waals surface area contributed by atoms with E-state index in [1.807, 2.05) is 72.2 Å². The molecule has 0 bridgehead atoms. The molecule has 0 unspecified atom stereocenters. The molecule has 0 fully saturated rings. The normalized spacial score (nSPS) is 11.5. The molecule has 8 aromatic rings. The monoisotopic (exact) mass is 704 g/mol. The van der Waals surface area contributed by atoms with E-state index in [0.717, 1.165) is 56.7 Å². The van der Waals surface area contributed by atoms with Crippen molar-refractivity contribution in [1.29, 1.82) is 0 Å². The maximum atomic E-state index is 13.0. The fourth-order valence-electron chi connectivity index (χ4n) is 7.20. The molecule has 0 radical (unpaired) electrons. The Bertz CT molecular complexity index is 2590. The van der Waals surface area contributed by atoms with Crippen LogP contribution in [-0.4, -0.2) is 14.9 Å². The van der Waals surface area contributed by atoms with Crippen LogP contribution < -0.4 is 0 Å². The molecule has 2 heterocycles. The summed E-state index contributed by atoms with van der Waals surface area (Å²) in [6.07, 6.45) is -4.34. The summed E-state index contributed by atoms with van der Waals surface area (Å²) in [5, 5.41) is 2.34. The molecule has 6 heteroatoms. The maximum absolute atomic E-state index is 13.0. The smallest absolute Gasteiger partial charge is 0.309 e. The number of para-hydroxylation sites is 2. The summed E-state index contributed by atoms with van der Waals surface area (Å²) in [6, 6.07) is 46.4. The summed E-state index contributed by atoms with van der Waals surface area (Å²) in [5.74, 6) is 0.0872. The molecule has 2 aromatic heterocycles. The van der Waals surface area contributed by atoms with Gasteiger partial charge >= 0.3 is 6.18 Å². The van der Waals surface area contributed by atoms with Crippen molar-refractivity contribution in [2.75, 3.05) is 0 Å². The van der Waals surface area contributed by atoms with E-state index in [2.05, 4.69) is 86.0 Å². The van der Waals surface area contributed by atoms with Crippen molar-refractivity contribution in [1.82, 2.24) is 9.13 Å². The van der Waals surface area contributed by atoms with Crippen LogP contribution in [-0.2, 0) is 6.18 Å². The van der Waals surface area contributed by atoms with Gasteiger partial charge in [0.05, 0.1) is 28.0 Å². The SMILES string of the molecule is CC(=O)c1ccc(-n2c(-c3ccccc3C)c(C)c3ccccc32)cc1.Cc1ccc(-c2c(C)c3ccccc3n2-c2ccc(C(F)(F)F)cc2)cc1. The molecule has 6 aromatic carbocycles. The van der Waals surface area contributed by atoms with Gasteiger partial charge in [0.15, 0.2) is 5.78 Å². The highest BCUT2D eigenvalue weighted by Crippen LogP contribution is 2.39. The Kier molecular flexibility index (Phi) is 9.39. The number of ketones is 1. The summed E-state index contributed by atoms with van der Waals surface area (Å²) >= 11 is 0. The van der Waals surface area contributed by atoms with E-state index in [0.29, 0.717) is 5.69 Å². The quantitative estimate of drug-likeness (QED) is 0.164. The zero-order valence-corrected chi connectivity index (χ0v) is 30.3. The zero-order chi connectivity index (χ0) is 37.4. The molecule has 0 saturated heterocycles. The first-order valence-electron chi connectivity index (χ1n) is 17.6. The van der Waals surface area contributed by atoms with Crippen LogP contribution in [0.4, 0.5) is 13.2 Å². The van der Waals surface area contributed by atoms with Gasteiger partial charge in [0.25, 0.3) is 0 Å². The highest BCUT2D eigenvalue weighted by molar-refractivity contribution is 5.96. The van der Waals surface area contributed by atoms with Gasteiger partial charge in [-0.15, -0.1) is 0 Å². The number of alkyl halides is 3. The van der Waals surface area contributed by atoms with Crippen LogP contribution in [0.15, 0.2) is 146 Å². The predicted octanol–water partition coefficient (Wildman–Crippen LogP) is 13.1. The van der Waals surface area contributed by atoms with Gasteiger partial charge in [-0.1, -0.05) is 90.5 Å². The van der Waals surface area contributed by atoms with Crippen LogP contribution in [0.2, 0.25) is 0 Å². The third-order valence-electron chi connectivity index (χ3n) is 9.97. The Labute approximate surface area is 307 Å². The number of Topliss-reactive ketones (excluding diaryl/α,β-unsaturated/α-hetero) is 1. The number of aromatic nitrogens is 2. The predicted molar refractivity (Wildman–Crippen MR) is 211 cm³/mol. The number of fused-ring (bicyclic) bond motifs is 2. The van der Waals surface area contributed by atoms with Gasteiger partial charge < -0.3 is 9.13 Å². The molecule has 0 saturated carbocycles. The van der Waals surface area contributed by atoms with Crippen molar-refractivity contribution in [3.63, 3.8) is 0 Å². The Morgan fingerprint density at radius 3 is 1.53 bits per heavy atom. The van der Waals surface area contributed by atoms with Gasteiger partial charge in [-0.25, -0.2) is 0 Å². The summed E-state index contributed by atoms with van der Waals surface area (Å²) < 4.78 is 43.2. The number of rotatable bonds is 5. The van der Waals surface area contributed by atoms with Gasteiger partial charge in [-0.05, 0) is 118 Å². The van der Waals surface area contributed by atoms with Crippen LogP contribution in [0, 0.1) is 27.7 Å². The van der Waals surface area contributed by atoms with Crippen molar-refractivity contribution >= 4 is 27.6 Å². The highest BCUT2D eigenvalue weighted by atomic mass is 19.4.